The van der Waals surface area contributed by atoms with Crippen molar-refractivity contribution in [3.05, 3.63) is 17.5 Å². The van der Waals surface area contributed by atoms with Gasteiger partial charge in [0.15, 0.2) is 11.5 Å². The first-order valence-electron chi connectivity index (χ1n) is 4.99. The number of alkyl halides is 4. The Kier molecular flexibility index (Phi) is 4.52. The van der Waals surface area contributed by atoms with Gasteiger partial charge in [0.25, 0.3) is 0 Å². The fraction of sp³-hybridized carbons (Fsp3) is 0.400. The summed E-state index contributed by atoms with van der Waals surface area (Å²) in [5.74, 6) is -3.54. The fourth-order valence-corrected chi connectivity index (χ4v) is 1.26. The van der Waals surface area contributed by atoms with E-state index in [1.807, 2.05) is 0 Å². The Balaban J connectivity index is 3.36. The van der Waals surface area contributed by atoms with Crippen molar-refractivity contribution in [1.29, 1.82) is 0 Å². The van der Waals surface area contributed by atoms with Crippen molar-refractivity contribution >= 4 is 5.97 Å². The number of rotatable bonds is 4. The lowest BCUT2D eigenvalue weighted by Gasteiger charge is -2.15. The molecule has 0 atom stereocenters. The van der Waals surface area contributed by atoms with Crippen LogP contribution in [0.15, 0.2) is 6.20 Å². The van der Waals surface area contributed by atoms with Gasteiger partial charge in [-0.15, -0.1) is 13.2 Å². The normalized spacial score (nSPS) is 11.2. The maximum atomic E-state index is 12.6. The Morgan fingerprint density at radius 2 is 2.11 bits per heavy atom. The summed E-state index contributed by atoms with van der Waals surface area (Å²) in [5.41, 5.74) is -1.50. The van der Waals surface area contributed by atoms with Gasteiger partial charge in [-0.05, 0) is 6.92 Å². The summed E-state index contributed by atoms with van der Waals surface area (Å²) < 4.78 is 57.2. The highest BCUT2D eigenvalue weighted by atomic mass is 19.4. The molecule has 0 saturated carbocycles. The van der Waals surface area contributed by atoms with Crippen LogP contribution in [0.5, 0.6) is 11.5 Å². The molecule has 1 heterocycles. The molecule has 0 aliphatic rings. The molecule has 0 unspecified atom stereocenters. The van der Waals surface area contributed by atoms with Crippen molar-refractivity contribution in [2.45, 2.75) is 20.0 Å². The van der Waals surface area contributed by atoms with E-state index in [9.17, 15) is 27.5 Å². The predicted octanol–water partition coefficient (Wildman–Crippen LogP) is 2.33. The molecular formula is C10H9F4NO4. The lowest BCUT2D eigenvalue weighted by atomic mass is 10.1. The summed E-state index contributed by atoms with van der Waals surface area (Å²) in [6.07, 6.45) is -4.60. The lowest BCUT2D eigenvalue weighted by molar-refractivity contribution is -0.275. The zero-order chi connectivity index (χ0) is 14.6. The average molecular weight is 283 g/mol. The van der Waals surface area contributed by atoms with Crippen molar-refractivity contribution in [3.63, 3.8) is 0 Å². The second-order valence-corrected chi connectivity index (χ2v) is 3.20. The van der Waals surface area contributed by atoms with Gasteiger partial charge in [0, 0.05) is 0 Å². The number of ether oxygens (including phenoxy) is 2. The predicted molar refractivity (Wildman–Crippen MR) is 53.4 cm³/mol. The Bertz CT molecular complexity index is 475. The highest BCUT2D eigenvalue weighted by molar-refractivity contribution is 5.94. The first-order chi connectivity index (χ1) is 8.80. The molecule has 0 saturated heterocycles. The van der Waals surface area contributed by atoms with Crippen molar-refractivity contribution < 1.29 is 36.9 Å². The molecule has 106 valence electrons. The number of aromatic nitrogens is 1. The first-order valence-corrected chi connectivity index (χ1v) is 4.99. The second kappa shape index (κ2) is 5.72. The fourth-order valence-electron chi connectivity index (χ4n) is 1.26. The number of nitrogens with zero attached hydrogens (tertiary/aromatic N) is 1. The minimum absolute atomic E-state index is 0.147. The van der Waals surface area contributed by atoms with Crippen LogP contribution in [0.25, 0.3) is 0 Å². The molecule has 1 aromatic heterocycles. The minimum Gasteiger partial charge on any atom is -0.503 e. The number of esters is 1. The van der Waals surface area contributed by atoms with Gasteiger partial charge in [0.1, 0.15) is 12.2 Å². The van der Waals surface area contributed by atoms with E-state index >= 15 is 0 Å². The van der Waals surface area contributed by atoms with Gasteiger partial charge in [0.05, 0.1) is 18.5 Å². The molecule has 0 radical (unpaired) electrons. The maximum absolute atomic E-state index is 12.6. The van der Waals surface area contributed by atoms with Gasteiger partial charge >= 0.3 is 12.3 Å². The number of carbonyl (C=O) groups is 1. The van der Waals surface area contributed by atoms with E-state index in [0.29, 0.717) is 6.20 Å². The third-order valence-electron chi connectivity index (χ3n) is 1.91. The SMILES string of the molecule is CCOC(=O)c1c(CF)ncc(O)c1OC(F)(F)F. The molecule has 1 N–H and O–H groups in total. The minimum atomic E-state index is -5.16. The van der Waals surface area contributed by atoms with Crippen molar-refractivity contribution in [2.24, 2.45) is 0 Å². The number of carbonyl (C=O) groups excluding carboxylic acids is 1. The molecule has 0 bridgehead atoms. The smallest absolute Gasteiger partial charge is 0.503 e. The van der Waals surface area contributed by atoms with Crippen LogP contribution < -0.4 is 4.74 Å². The average Bonchev–Trinajstić information content (AvgIpc) is 2.30. The summed E-state index contributed by atoms with van der Waals surface area (Å²) in [4.78, 5) is 14.8. The standard InChI is InChI=1S/C10H9F4NO4/c1-2-18-9(17)7-5(3-11)15-4-6(16)8(7)19-10(12,13)14/h4,16H,2-3H2,1H3. The van der Waals surface area contributed by atoms with Crippen LogP contribution in [0.1, 0.15) is 23.0 Å². The molecule has 0 fully saturated rings. The van der Waals surface area contributed by atoms with E-state index in [2.05, 4.69) is 14.5 Å². The lowest BCUT2D eigenvalue weighted by Crippen LogP contribution is -2.21. The molecule has 0 spiro atoms. The van der Waals surface area contributed by atoms with Gasteiger partial charge in [-0.2, -0.15) is 0 Å². The van der Waals surface area contributed by atoms with E-state index < -0.39 is 41.8 Å². The summed E-state index contributed by atoms with van der Waals surface area (Å²) in [7, 11) is 0. The molecular weight excluding hydrogens is 274 g/mol. The van der Waals surface area contributed by atoms with Gasteiger partial charge in [-0.25, -0.2) is 9.18 Å². The zero-order valence-electron chi connectivity index (χ0n) is 9.62. The molecule has 0 aliphatic carbocycles. The molecule has 19 heavy (non-hydrogen) atoms. The molecule has 9 heteroatoms. The molecule has 0 aliphatic heterocycles. The highest BCUT2D eigenvalue weighted by Crippen LogP contribution is 2.36. The number of halogens is 4. The molecule has 0 aromatic carbocycles. The van der Waals surface area contributed by atoms with Crippen molar-refractivity contribution in [3.8, 4) is 11.5 Å². The monoisotopic (exact) mass is 283 g/mol. The maximum Gasteiger partial charge on any atom is 0.573 e. The quantitative estimate of drug-likeness (QED) is 0.678. The van der Waals surface area contributed by atoms with Crippen LogP contribution >= 0.6 is 0 Å². The number of hydrogen-bond donors (Lipinski definition) is 1. The third-order valence-corrected chi connectivity index (χ3v) is 1.91. The highest BCUT2D eigenvalue weighted by Gasteiger charge is 2.36. The Morgan fingerprint density at radius 3 is 2.58 bits per heavy atom. The molecule has 5 nitrogen and oxygen atoms in total. The summed E-state index contributed by atoms with van der Waals surface area (Å²) >= 11 is 0. The van der Waals surface area contributed by atoms with Crippen LogP contribution in [-0.4, -0.2) is 29.0 Å². The third kappa shape index (κ3) is 3.70. The number of aromatic hydroxyl groups is 1. The van der Waals surface area contributed by atoms with Gasteiger partial charge in [-0.1, -0.05) is 0 Å². The van der Waals surface area contributed by atoms with Crippen LogP contribution in [0.2, 0.25) is 0 Å². The van der Waals surface area contributed by atoms with E-state index in [4.69, 9.17) is 0 Å². The Labute approximate surface area is 104 Å². The van der Waals surface area contributed by atoms with Gasteiger partial charge in [-0.3, -0.25) is 4.98 Å². The van der Waals surface area contributed by atoms with Crippen LogP contribution in [0, 0.1) is 0 Å². The van der Waals surface area contributed by atoms with E-state index in [0.717, 1.165) is 0 Å². The van der Waals surface area contributed by atoms with Crippen LogP contribution in [0.3, 0.4) is 0 Å². The first kappa shape index (κ1) is 15.0. The van der Waals surface area contributed by atoms with Crippen LogP contribution in [-0.2, 0) is 11.4 Å². The van der Waals surface area contributed by atoms with Crippen molar-refractivity contribution in [1.82, 2.24) is 4.98 Å². The van der Waals surface area contributed by atoms with Gasteiger partial charge < -0.3 is 14.6 Å². The number of hydrogen-bond acceptors (Lipinski definition) is 5. The Hall–Kier alpha value is -2.06. The van der Waals surface area contributed by atoms with Gasteiger partial charge in [0.2, 0.25) is 0 Å². The topological polar surface area (TPSA) is 68.7 Å². The molecule has 1 rings (SSSR count). The largest absolute Gasteiger partial charge is 0.573 e. The summed E-state index contributed by atoms with van der Waals surface area (Å²) in [6, 6.07) is 0. The van der Waals surface area contributed by atoms with E-state index in [1.165, 1.54) is 6.92 Å². The number of pyridine rings is 1. The zero-order valence-corrected chi connectivity index (χ0v) is 9.62. The molecule has 1 aromatic rings. The summed E-state index contributed by atoms with van der Waals surface area (Å²) in [6.45, 7) is -0.0537. The van der Waals surface area contributed by atoms with Crippen LogP contribution in [0.4, 0.5) is 17.6 Å². The Morgan fingerprint density at radius 1 is 1.47 bits per heavy atom. The van der Waals surface area contributed by atoms with E-state index in [-0.39, 0.29) is 6.61 Å². The summed E-state index contributed by atoms with van der Waals surface area (Å²) in [5, 5.41) is 9.27. The van der Waals surface area contributed by atoms with E-state index in [1.54, 1.807) is 0 Å². The van der Waals surface area contributed by atoms with Crippen molar-refractivity contribution in [2.75, 3.05) is 6.61 Å². The second-order valence-electron chi connectivity index (χ2n) is 3.20. The molecule has 0 amide bonds.